The molecule has 0 saturated carbocycles. The number of rotatable bonds is 3. The van der Waals surface area contributed by atoms with Crippen molar-refractivity contribution < 1.29 is 5.11 Å². The molecule has 2 heterocycles. The van der Waals surface area contributed by atoms with Crippen LogP contribution in [0.4, 0.5) is 0 Å². The van der Waals surface area contributed by atoms with Gasteiger partial charge < -0.3 is 5.11 Å². The molecule has 0 bridgehead atoms. The average Bonchev–Trinajstić information content (AvgIpc) is 2.88. The first kappa shape index (κ1) is 9.89. The number of hydrogen-bond acceptors (Lipinski definition) is 5. The van der Waals surface area contributed by atoms with Crippen molar-refractivity contribution in [2.75, 3.05) is 12.3 Å². The number of aliphatic hydroxyl groups is 1. The fourth-order valence-electron chi connectivity index (χ4n) is 1.24. The molecule has 74 valence electrons. The largest absolute Gasteiger partial charge is 0.373 e. The van der Waals surface area contributed by atoms with Crippen LogP contribution in [0.2, 0.25) is 0 Å². The Kier molecular flexibility index (Phi) is 2.71. The number of hydrogen-bond donors (Lipinski definition) is 1. The lowest BCUT2D eigenvalue weighted by atomic mass is 10.1. The zero-order valence-electron chi connectivity index (χ0n) is 7.51. The number of nitrogens with zero attached hydrogens (tertiary/aromatic N) is 2. The van der Waals surface area contributed by atoms with Crippen LogP contribution in [0.5, 0.6) is 0 Å². The molecular formula is C9H10N2OS2. The molecule has 0 aromatic carbocycles. The molecule has 0 amide bonds. The number of aromatic nitrogens is 1. The molecule has 0 fully saturated rings. The fraction of sp³-hybridized carbons (Fsp3) is 0.333. The summed E-state index contributed by atoms with van der Waals surface area (Å²) in [7, 11) is 0. The Labute approximate surface area is 90.6 Å². The van der Waals surface area contributed by atoms with Crippen molar-refractivity contribution in [2.24, 2.45) is 4.99 Å². The van der Waals surface area contributed by atoms with E-state index in [-0.39, 0.29) is 0 Å². The molecule has 14 heavy (non-hydrogen) atoms. The first-order valence-corrected chi connectivity index (χ1v) is 6.07. The topological polar surface area (TPSA) is 45.5 Å². The fourth-order valence-corrected chi connectivity index (χ4v) is 3.00. The zero-order valence-corrected chi connectivity index (χ0v) is 9.14. The highest BCUT2D eigenvalue weighted by Crippen LogP contribution is 2.33. The van der Waals surface area contributed by atoms with Gasteiger partial charge in [0.2, 0.25) is 0 Å². The van der Waals surface area contributed by atoms with Crippen LogP contribution in [0.15, 0.2) is 29.2 Å². The minimum absolute atomic E-state index is 0.639. The van der Waals surface area contributed by atoms with Crippen molar-refractivity contribution in [3.63, 3.8) is 0 Å². The Balaban J connectivity index is 2.39. The van der Waals surface area contributed by atoms with Crippen LogP contribution in [-0.4, -0.2) is 27.4 Å². The van der Waals surface area contributed by atoms with Gasteiger partial charge in [-0.1, -0.05) is 6.58 Å². The van der Waals surface area contributed by atoms with Gasteiger partial charge in [0.15, 0.2) is 5.60 Å². The summed E-state index contributed by atoms with van der Waals surface area (Å²) < 4.78 is 0. The molecule has 0 spiro atoms. The van der Waals surface area contributed by atoms with Gasteiger partial charge in [0.05, 0.1) is 0 Å². The highest BCUT2D eigenvalue weighted by molar-refractivity contribution is 8.14. The van der Waals surface area contributed by atoms with E-state index in [4.69, 9.17) is 0 Å². The van der Waals surface area contributed by atoms with E-state index in [2.05, 4.69) is 16.6 Å². The van der Waals surface area contributed by atoms with Gasteiger partial charge in [0.25, 0.3) is 0 Å². The van der Waals surface area contributed by atoms with Gasteiger partial charge in [-0.2, -0.15) is 0 Å². The Morgan fingerprint density at radius 3 is 3.00 bits per heavy atom. The molecule has 0 aliphatic carbocycles. The molecule has 1 aromatic rings. The monoisotopic (exact) mass is 226 g/mol. The van der Waals surface area contributed by atoms with Gasteiger partial charge in [-0.05, 0) is 6.08 Å². The van der Waals surface area contributed by atoms with Crippen molar-refractivity contribution in [1.82, 2.24) is 4.98 Å². The molecule has 1 aromatic heterocycles. The van der Waals surface area contributed by atoms with Crippen molar-refractivity contribution in [3.8, 4) is 0 Å². The summed E-state index contributed by atoms with van der Waals surface area (Å²) in [6, 6.07) is 0. The van der Waals surface area contributed by atoms with E-state index in [0.717, 1.165) is 12.3 Å². The highest BCUT2D eigenvalue weighted by Gasteiger charge is 2.36. The summed E-state index contributed by atoms with van der Waals surface area (Å²) in [6.07, 6.45) is 3.18. The van der Waals surface area contributed by atoms with E-state index < -0.39 is 5.60 Å². The first-order chi connectivity index (χ1) is 6.77. The Bertz CT molecular complexity index is 361. The maximum atomic E-state index is 10.4. The second-order valence-corrected chi connectivity index (χ2v) is 4.82. The van der Waals surface area contributed by atoms with Crippen molar-refractivity contribution >= 4 is 28.1 Å². The third-order valence-corrected chi connectivity index (χ3v) is 3.96. The van der Waals surface area contributed by atoms with Crippen LogP contribution in [-0.2, 0) is 5.60 Å². The number of thioether (sulfide) groups is 1. The van der Waals surface area contributed by atoms with Crippen LogP contribution >= 0.6 is 23.1 Å². The quantitative estimate of drug-likeness (QED) is 0.797. The van der Waals surface area contributed by atoms with E-state index in [0.29, 0.717) is 10.1 Å². The molecule has 1 unspecified atom stereocenters. The van der Waals surface area contributed by atoms with Crippen molar-refractivity contribution in [3.05, 3.63) is 29.2 Å². The summed E-state index contributed by atoms with van der Waals surface area (Å²) in [6.45, 7) is 4.42. The third kappa shape index (κ3) is 1.51. The zero-order chi connectivity index (χ0) is 10.0. The van der Waals surface area contributed by atoms with E-state index in [9.17, 15) is 5.11 Å². The second kappa shape index (κ2) is 3.84. The summed E-state index contributed by atoms with van der Waals surface area (Å²) in [5.41, 5.74) is -1.17. The number of thiazole rings is 1. The third-order valence-electron chi connectivity index (χ3n) is 1.97. The lowest BCUT2D eigenvalue weighted by molar-refractivity contribution is 0.168. The summed E-state index contributed by atoms with van der Waals surface area (Å²) in [5.74, 6) is 0.927. The SMILES string of the molecule is C=CC(O)(C1=NCCS1)c1nccs1. The minimum atomic E-state index is -1.17. The molecule has 5 heteroatoms. The first-order valence-electron chi connectivity index (χ1n) is 4.21. The van der Waals surface area contributed by atoms with Crippen LogP contribution < -0.4 is 0 Å². The average molecular weight is 226 g/mol. The van der Waals surface area contributed by atoms with Gasteiger partial charge in [-0.15, -0.1) is 23.1 Å². The standard InChI is InChI=1S/C9H10N2OS2/c1-2-9(12,7-10-3-5-13-7)8-11-4-6-14-8/h2-3,5,12H,1,4,6H2. The molecule has 1 atom stereocenters. The lowest BCUT2D eigenvalue weighted by Crippen LogP contribution is -2.30. The molecule has 1 aliphatic rings. The number of aliphatic imine (C=N–C) groups is 1. The minimum Gasteiger partial charge on any atom is -0.373 e. The summed E-state index contributed by atoms with van der Waals surface area (Å²) in [4.78, 5) is 8.37. The molecular weight excluding hydrogens is 216 g/mol. The molecule has 1 aliphatic heterocycles. The highest BCUT2D eigenvalue weighted by atomic mass is 32.2. The van der Waals surface area contributed by atoms with Crippen LogP contribution in [0, 0.1) is 0 Å². The second-order valence-electron chi connectivity index (χ2n) is 2.84. The molecule has 1 N–H and O–H groups in total. The van der Waals surface area contributed by atoms with Gasteiger partial charge in [0, 0.05) is 23.9 Å². The lowest BCUT2D eigenvalue weighted by Gasteiger charge is -2.20. The van der Waals surface area contributed by atoms with Gasteiger partial charge in [-0.25, -0.2) is 4.98 Å². The Hall–Kier alpha value is -0.650. The van der Waals surface area contributed by atoms with Gasteiger partial charge in [0.1, 0.15) is 10.1 Å². The van der Waals surface area contributed by atoms with E-state index in [1.165, 1.54) is 17.4 Å². The Morgan fingerprint density at radius 1 is 1.64 bits per heavy atom. The van der Waals surface area contributed by atoms with Crippen LogP contribution in [0.1, 0.15) is 5.01 Å². The summed E-state index contributed by atoms with van der Waals surface area (Å²) in [5, 5.41) is 13.5. The van der Waals surface area contributed by atoms with Crippen molar-refractivity contribution in [1.29, 1.82) is 0 Å². The van der Waals surface area contributed by atoms with E-state index in [1.54, 1.807) is 18.0 Å². The van der Waals surface area contributed by atoms with Crippen LogP contribution in [0.3, 0.4) is 0 Å². The summed E-state index contributed by atoms with van der Waals surface area (Å²) >= 11 is 2.98. The smallest absolute Gasteiger partial charge is 0.182 e. The molecule has 2 rings (SSSR count). The van der Waals surface area contributed by atoms with E-state index >= 15 is 0 Å². The van der Waals surface area contributed by atoms with E-state index in [1.807, 2.05) is 5.38 Å². The predicted octanol–water partition coefficient (Wildman–Crippen LogP) is 1.66. The molecule has 3 nitrogen and oxygen atoms in total. The molecule has 0 radical (unpaired) electrons. The predicted molar refractivity (Wildman–Crippen MR) is 61.0 cm³/mol. The molecule has 0 saturated heterocycles. The van der Waals surface area contributed by atoms with Gasteiger partial charge >= 0.3 is 0 Å². The maximum absolute atomic E-state index is 10.4. The van der Waals surface area contributed by atoms with Crippen LogP contribution in [0.25, 0.3) is 0 Å². The Morgan fingerprint density at radius 2 is 2.50 bits per heavy atom. The van der Waals surface area contributed by atoms with Gasteiger partial charge in [-0.3, -0.25) is 4.99 Å². The van der Waals surface area contributed by atoms with Crippen molar-refractivity contribution in [2.45, 2.75) is 5.60 Å². The maximum Gasteiger partial charge on any atom is 0.182 e. The normalized spacial score (nSPS) is 20.2.